The van der Waals surface area contributed by atoms with Crippen LogP contribution in [0.2, 0.25) is 0 Å². The number of nitrogens with one attached hydrogen (secondary N) is 2. The summed E-state index contributed by atoms with van der Waals surface area (Å²) in [4.78, 5) is 36.6. The zero-order valence-electron chi connectivity index (χ0n) is 17.4. The van der Waals surface area contributed by atoms with Crippen molar-refractivity contribution in [3.63, 3.8) is 0 Å². The van der Waals surface area contributed by atoms with Crippen molar-refractivity contribution in [2.45, 2.75) is 51.7 Å². The summed E-state index contributed by atoms with van der Waals surface area (Å²) in [6, 6.07) is 4.81. The minimum absolute atomic E-state index is 0.111. The number of hydrogen-bond acceptors (Lipinski definition) is 6. The van der Waals surface area contributed by atoms with E-state index in [1.54, 1.807) is 6.07 Å². The van der Waals surface area contributed by atoms with Crippen molar-refractivity contribution in [3.8, 4) is 11.5 Å². The number of carbonyl (C=O) groups excluding carboxylic acids is 3. The van der Waals surface area contributed by atoms with E-state index in [1.165, 1.54) is 39.7 Å². The molecule has 0 aliphatic heterocycles. The number of ether oxygens (including phenoxy) is 3. The third-order valence-electron chi connectivity index (χ3n) is 5.12. The fourth-order valence-corrected chi connectivity index (χ4v) is 3.32. The molecule has 1 saturated carbocycles. The van der Waals surface area contributed by atoms with Gasteiger partial charge in [0, 0.05) is 17.7 Å². The average Bonchev–Trinajstić information content (AvgIpc) is 2.72. The molecule has 160 valence electrons. The quantitative estimate of drug-likeness (QED) is 0.641. The summed E-state index contributed by atoms with van der Waals surface area (Å²) in [6.45, 7) is 3.29. The summed E-state index contributed by atoms with van der Waals surface area (Å²) >= 11 is 0. The van der Waals surface area contributed by atoms with Crippen molar-refractivity contribution >= 4 is 17.8 Å². The van der Waals surface area contributed by atoms with E-state index in [4.69, 9.17) is 14.2 Å². The van der Waals surface area contributed by atoms with Gasteiger partial charge in [0.2, 0.25) is 0 Å². The summed E-state index contributed by atoms with van der Waals surface area (Å²) < 4.78 is 15.4. The van der Waals surface area contributed by atoms with Crippen LogP contribution in [-0.4, -0.2) is 50.7 Å². The molecule has 0 heterocycles. The van der Waals surface area contributed by atoms with Gasteiger partial charge in [-0.1, -0.05) is 19.8 Å². The smallest absolute Gasteiger partial charge is 0.326 e. The number of hydrogen-bond donors (Lipinski definition) is 2. The average molecular weight is 406 g/mol. The van der Waals surface area contributed by atoms with Gasteiger partial charge in [0.05, 0.1) is 14.2 Å². The lowest BCUT2D eigenvalue weighted by Crippen LogP contribution is -2.46. The van der Waals surface area contributed by atoms with E-state index in [0.717, 1.165) is 19.3 Å². The second-order valence-corrected chi connectivity index (χ2v) is 7.29. The Kier molecular flexibility index (Phi) is 8.30. The molecule has 0 aromatic heterocycles. The first-order chi connectivity index (χ1) is 13.8. The molecule has 0 radical (unpaired) electrons. The third-order valence-corrected chi connectivity index (χ3v) is 5.12. The number of methoxy groups -OCH3 is 2. The molecule has 2 amide bonds. The fourth-order valence-electron chi connectivity index (χ4n) is 3.32. The van der Waals surface area contributed by atoms with Crippen LogP contribution in [0.3, 0.4) is 0 Å². The van der Waals surface area contributed by atoms with Gasteiger partial charge in [-0.25, -0.2) is 0 Å². The van der Waals surface area contributed by atoms with E-state index in [1.807, 2.05) is 0 Å². The van der Waals surface area contributed by atoms with Gasteiger partial charge >= 0.3 is 5.97 Å². The topological polar surface area (TPSA) is 103 Å². The van der Waals surface area contributed by atoms with E-state index in [0.29, 0.717) is 17.4 Å². The van der Waals surface area contributed by atoms with Gasteiger partial charge in [-0.3, -0.25) is 14.4 Å². The Morgan fingerprint density at radius 2 is 1.69 bits per heavy atom. The van der Waals surface area contributed by atoms with Crippen molar-refractivity contribution < 1.29 is 28.6 Å². The molecule has 1 aromatic carbocycles. The zero-order chi connectivity index (χ0) is 21.4. The Hall–Kier alpha value is -2.77. The highest BCUT2D eigenvalue weighted by Gasteiger charge is 2.26. The van der Waals surface area contributed by atoms with Crippen LogP contribution in [0.15, 0.2) is 18.2 Å². The molecule has 8 nitrogen and oxygen atoms in total. The lowest BCUT2D eigenvalue weighted by Gasteiger charge is -2.30. The first-order valence-electron chi connectivity index (χ1n) is 9.85. The monoisotopic (exact) mass is 406 g/mol. The van der Waals surface area contributed by atoms with E-state index >= 15 is 0 Å². The molecule has 1 aliphatic carbocycles. The van der Waals surface area contributed by atoms with Crippen molar-refractivity contribution in [3.05, 3.63) is 23.8 Å². The Bertz CT molecular complexity index is 714. The Balaban J connectivity index is 1.82. The highest BCUT2D eigenvalue weighted by Crippen LogP contribution is 2.24. The molecule has 1 aliphatic rings. The molecule has 2 N–H and O–H groups in total. The summed E-state index contributed by atoms with van der Waals surface area (Å²) in [7, 11) is 2.96. The Morgan fingerprint density at radius 3 is 2.28 bits per heavy atom. The van der Waals surface area contributed by atoms with E-state index in [-0.39, 0.29) is 24.1 Å². The van der Waals surface area contributed by atoms with Crippen LogP contribution < -0.4 is 20.1 Å². The van der Waals surface area contributed by atoms with Crippen LogP contribution in [0.4, 0.5) is 0 Å². The molecule has 0 unspecified atom stereocenters. The number of amides is 2. The second-order valence-electron chi connectivity index (χ2n) is 7.29. The molecule has 0 saturated heterocycles. The Labute approximate surface area is 171 Å². The van der Waals surface area contributed by atoms with Crippen LogP contribution >= 0.6 is 0 Å². The second kappa shape index (κ2) is 10.7. The van der Waals surface area contributed by atoms with Gasteiger partial charge in [0.1, 0.15) is 18.0 Å². The largest absolute Gasteiger partial charge is 0.497 e. The van der Waals surface area contributed by atoms with Gasteiger partial charge < -0.3 is 24.8 Å². The molecule has 0 spiro atoms. The lowest BCUT2D eigenvalue weighted by atomic mass is 9.86. The SMILES string of the molecule is COc1cc(OC)cc(C(=O)NCC(=O)O[C@H](C)C(=O)N[C@H]2CCCC[C@H]2C)c1. The minimum Gasteiger partial charge on any atom is -0.497 e. The number of carbonyl (C=O) groups is 3. The highest BCUT2D eigenvalue weighted by atomic mass is 16.5. The van der Waals surface area contributed by atoms with Crippen molar-refractivity contribution in [2.24, 2.45) is 5.92 Å². The fraction of sp³-hybridized carbons (Fsp3) is 0.571. The zero-order valence-corrected chi connectivity index (χ0v) is 17.4. The summed E-state index contributed by atoms with van der Waals surface area (Å²) in [5.74, 6) is -0.158. The number of benzene rings is 1. The number of esters is 1. The summed E-state index contributed by atoms with van der Waals surface area (Å²) in [5.41, 5.74) is 0.283. The molecular weight excluding hydrogens is 376 g/mol. The van der Waals surface area contributed by atoms with Crippen molar-refractivity contribution in [1.82, 2.24) is 10.6 Å². The first-order valence-corrected chi connectivity index (χ1v) is 9.85. The van der Waals surface area contributed by atoms with Crippen LogP contribution in [0.5, 0.6) is 11.5 Å². The normalized spacial score (nSPS) is 19.6. The van der Waals surface area contributed by atoms with Gasteiger partial charge in [0.15, 0.2) is 6.10 Å². The van der Waals surface area contributed by atoms with Crippen LogP contribution in [0.25, 0.3) is 0 Å². The number of rotatable bonds is 8. The standard InChI is InChI=1S/C21H30N2O6/c1-13-7-5-6-8-18(13)23-20(25)14(2)29-19(24)12-22-21(26)15-9-16(27-3)11-17(10-15)28-4/h9-11,13-14,18H,5-8,12H2,1-4H3,(H,22,26)(H,23,25)/t13-,14-,18+/m1/s1. The van der Waals surface area contributed by atoms with Gasteiger partial charge in [-0.15, -0.1) is 0 Å². The van der Waals surface area contributed by atoms with Gasteiger partial charge in [0.25, 0.3) is 11.8 Å². The maximum atomic E-state index is 12.3. The predicted molar refractivity (Wildman–Crippen MR) is 107 cm³/mol. The van der Waals surface area contributed by atoms with Crippen molar-refractivity contribution in [2.75, 3.05) is 20.8 Å². The van der Waals surface area contributed by atoms with Gasteiger partial charge in [-0.05, 0) is 37.8 Å². The molecule has 1 fully saturated rings. The van der Waals surface area contributed by atoms with Crippen LogP contribution in [0.1, 0.15) is 49.9 Å². The van der Waals surface area contributed by atoms with E-state index < -0.39 is 18.0 Å². The predicted octanol–water partition coefficient (Wildman–Crippen LogP) is 2.06. The molecule has 0 bridgehead atoms. The molecule has 2 rings (SSSR count). The van der Waals surface area contributed by atoms with Crippen LogP contribution in [0, 0.1) is 5.92 Å². The molecule has 8 heteroatoms. The summed E-state index contributed by atoms with van der Waals surface area (Å²) in [5, 5.41) is 5.44. The van der Waals surface area contributed by atoms with Crippen molar-refractivity contribution in [1.29, 1.82) is 0 Å². The van der Waals surface area contributed by atoms with Crippen LogP contribution in [-0.2, 0) is 14.3 Å². The lowest BCUT2D eigenvalue weighted by molar-refractivity contribution is -0.154. The molecular formula is C21H30N2O6. The Morgan fingerprint density at radius 1 is 1.07 bits per heavy atom. The summed E-state index contributed by atoms with van der Waals surface area (Å²) in [6.07, 6.45) is 3.36. The highest BCUT2D eigenvalue weighted by molar-refractivity contribution is 5.97. The maximum Gasteiger partial charge on any atom is 0.326 e. The molecule has 1 aromatic rings. The minimum atomic E-state index is -0.926. The maximum absolute atomic E-state index is 12.3. The molecule has 29 heavy (non-hydrogen) atoms. The van der Waals surface area contributed by atoms with Gasteiger partial charge in [-0.2, -0.15) is 0 Å². The van der Waals surface area contributed by atoms with E-state index in [2.05, 4.69) is 17.6 Å². The molecule has 3 atom stereocenters. The third kappa shape index (κ3) is 6.66. The first kappa shape index (κ1) is 22.5. The van der Waals surface area contributed by atoms with E-state index in [9.17, 15) is 14.4 Å².